The maximum atomic E-state index is 6.38. The zero-order chi connectivity index (χ0) is 12.3. The summed E-state index contributed by atoms with van der Waals surface area (Å²) in [6, 6.07) is 3.64. The van der Waals surface area contributed by atoms with E-state index in [1.807, 2.05) is 19.1 Å². The van der Waals surface area contributed by atoms with E-state index in [-0.39, 0.29) is 11.6 Å². The molecule has 0 spiro atoms. The highest BCUT2D eigenvalue weighted by molar-refractivity contribution is 5.42. The summed E-state index contributed by atoms with van der Waals surface area (Å²) in [5.74, 6) is 0.519. The number of rotatable bonds is 4. The van der Waals surface area contributed by atoms with E-state index in [9.17, 15) is 0 Å². The maximum Gasteiger partial charge on any atom is 0.128 e. The SMILES string of the molecule is CCOC1(C(N)c2cccnc2N)CCCC1. The number of nitrogens with two attached hydrogens (primary N) is 2. The van der Waals surface area contributed by atoms with Gasteiger partial charge in [-0.3, -0.25) is 0 Å². The lowest BCUT2D eigenvalue weighted by atomic mass is 9.87. The highest BCUT2D eigenvalue weighted by Gasteiger charge is 2.41. The highest BCUT2D eigenvalue weighted by Crippen LogP contribution is 2.42. The summed E-state index contributed by atoms with van der Waals surface area (Å²) >= 11 is 0. The highest BCUT2D eigenvalue weighted by atomic mass is 16.5. The van der Waals surface area contributed by atoms with E-state index in [1.165, 1.54) is 12.8 Å². The number of hydrogen-bond donors (Lipinski definition) is 2. The van der Waals surface area contributed by atoms with Crippen LogP contribution in [0.4, 0.5) is 5.82 Å². The van der Waals surface area contributed by atoms with Crippen molar-refractivity contribution in [3.63, 3.8) is 0 Å². The Balaban J connectivity index is 2.28. The van der Waals surface area contributed by atoms with E-state index in [0.717, 1.165) is 18.4 Å². The van der Waals surface area contributed by atoms with Crippen molar-refractivity contribution in [2.45, 2.75) is 44.2 Å². The summed E-state index contributed by atoms with van der Waals surface area (Å²) in [7, 11) is 0. The molecule has 0 aliphatic heterocycles. The van der Waals surface area contributed by atoms with Gasteiger partial charge < -0.3 is 16.2 Å². The molecule has 0 bridgehead atoms. The zero-order valence-corrected chi connectivity index (χ0v) is 10.4. The minimum Gasteiger partial charge on any atom is -0.383 e. The van der Waals surface area contributed by atoms with Crippen molar-refractivity contribution in [1.82, 2.24) is 4.98 Å². The summed E-state index contributed by atoms with van der Waals surface area (Å²) in [5.41, 5.74) is 12.9. The molecule has 0 amide bonds. The second-order valence-electron chi connectivity index (χ2n) is 4.66. The fourth-order valence-electron chi connectivity index (χ4n) is 2.78. The molecule has 94 valence electrons. The Morgan fingerprint density at radius 2 is 2.18 bits per heavy atom. The molecule has 1 saturated carbocycles. The third kappa shape index (κ3) is 2.28. The van der Waals surface area contributed by atoms with Gasteiger partial charge in [0, 0.05) is 18.4 Å². The van der Waals surface area contributed by atoms with Gasteiger partial charge in [0.05, 0.1) is 11.6 Å². The smallest absolute Gasteiger partial charge is 0.128 e. The summed E-state index contributed by atoms with van der Waals surface area (Å²) in [4.78, 5) is 4.11. The van der Waals surface area contributed by atoms with Crippen molar-refractivity contribution in [3.05, 3.63) is 23.9 Å². The van der Waals surface area contributed by atoms with Gasteiger partial charge in [0.25, 0.3) is 0 Å². The Hall–Kier alpha value is -1.13. The first kappa shape index (κ1) is 12.3. The molecule has 1 aliphatic rings. The van der Waals surface area contributed by atoms with Gasteiger partial charge in [-0.15, -0.1) is 0 Å². The average molecular weight is 235 g/mol. The largest absolute Gasteiger partial charge is 0.383 e. The van der Waals surface area contributed by atoms with Crippen LogP contribution >= 0.6 is 0 Å². The van der Waals surface area contributed by atoms with Crippen LogP contribution in [-0.2, 0) is 4.74 Å². The van der Waals surface area contributed by atoms with Gasteiger partial charge in [0.15, 0.2) is 0 Å². The quantitative estimate of drug-likeness (QED) is 0.837. The van der Waals surface area contributed by atoms with Crippen molar-refractivity contribution in [2.24, 2.45) is 5.73 Å². The van der Waals surface area contributed by atoms with Crippen LogP contribution in [0.25, 0.3) is 0 Å². The van der Waals surface area contributed by atoms with Crippen LogP contribution in [0.15, 0.2) is 18.3 Å². The second-order valence-corrected chi connectivity index (χ2v) is 4.66. The summed E-state index contributed by atoms with van der Waals surface area (Å²) in [6.07, 6.45) is 6.06. The van der Waals surface area contributed by atoms with E-state index in [4.69, 9.17) is 16.2 Å². The van der Waals surface area contributed by atoms with Crippen LogP contribution in [0.3, 0.4) is 0 Å². The summed E-state index contributed by atoms with van der Waals surface area (Å²) < 4.78 is 5.95. The van der Waals surface area contributed by atoms with Crippen molar-refractivity contribution >= 4 is 5.82 Å². The van der Waals surface area contributed by atoms with Gasteiger partial charge in [-0.1, -0.05) is 18.9 Å². The number of pyridine rings is 1. The zero-order valence-electron chi connectivity index (χ0n) is 10.4. The molecule has 4 N–H and O–H groups in total. The molecule has 1 aliphatic carbocycles. The van der Waals surface area contributed by atoms with Crippen LogP contribution in [0, 0.1) is 0 Å². The fraction of sp³-hybridized carbons (Fsp3) is 0.615. The van der Waals surface area contributed by atoms with Gasteiger partial charge in [-0.2, -0.15) is 0 Å². The lowest BCUT2D eigenvalue weighted by molar-refractivity contribution is -0.0535. The Morgan fingerprint density at radius 1 is 1.47 bits per heavy atom. The molecule has 1 unspecified atom stereocenters. The number of anilines is 1. The molecule has 4 nitrogen and oxygen atoms in total. The molecule has 0 saturated heterocycles. The molecule has 0 aromatic carbocycles. The van der Waals surface area contributed by atoms with E-state index < -0.39 is 0 Å². The first-order valence-corrected chi connectivity index (χ1v) is 6.29. The molecule has 2 rings (SSSR count). The minimum atomic E-state index is -0.244. The van der Waals surface area contributed by atoms with Gasteiger partial charge in [0.2, 0.25) is 0 Å². The molecule has 1 heterocycles. The average Bonchev–Trinajstić information content (AvgIpc) is 2.79. The number of nitrogen functional groups attached to an aromatic ring is 1. The fourth-order valence-corrected chi connectivity index (χ4v) is 2.78. The van der Waals surface area contributed by atoms with Crippen molar-refractivity contribution < 1.29 is 4.74 Å². The molecule has 0 radical (unpaired) electrons. The lowest BCUT2D eigenvalue weighted by Gasteiger charge is -2.35. The van der Waals surface area contributed by atoms with Crippen LogP contribution in [0.1, 0.15) is 44.2 Å². The number of ether oxygens (including phenoxy) is 1. The third-order valence-electron chi connectivity index (χ3n) is 3.65. The molecular formula is C13H21N3O. The van der Waals surface area contributed by atoms with Gasteiger partial charge >= 0.3 is 0 Å². The Bertz CT molecular complexity index is 375. The van der Waals surface area contributed by atoms with Crippen LogP contribution in [-0.4, -0.2) is 17.2 Å². The summed E-state index contributed by atoms with van der Waals surface area (Å²) in [6.45, 7) is 2.70. The van der Waals surface area contributed by atoms with Crippen molar-refractivity contribution in [3.8, 4) is 0 Å². The normalized spacial score (nSPS) is 20.4. The molecule has 1 aromatic rings. The van der Waals surface area contributed by atoms with E-state index in [0.29, 0.717) is 12.4 Å². The Labute approximate surface area is 102 Å². The molecular weight excluding hydrogens is 214 g/mol. The van der Waals surface area contributed by atoms with E-state index in [1.54, 1.807) is 6.20 Å². The van der Waals surface area contributed by atoms with Crippen LogP contribution in [0.2, 0.25) is 0 Å². The van der Waals surface area contributed by atoms with E-state index in [2.05, 4.69) is 4.98 Å². The van der Waals surface area contributed by atoms with Gasteiger partial charge in [-0.05, 0) is 25.8 Å². The standard InChI is InChI=1S/C13H21N3O/c1-2-17-13(7-3-4-8-13)11(14)10-6-5-9-16-12(10)15/h5-6,9,11H,2-4,7-8,14H2,1H3,(H2,15,16). The Kier molecular flexibility index (Phi) is 3.64. The predicted octanol–water partition coefficient (Wildman–Crippen LogP) is 2.01. The number of aromatic nitrogens is 1. The van der Waals surface area contributed by atoms with Crippen LogP contribution in [0.5, 0.6) is 0 Å². The monoisotopic (exact) mass is 235 g/mol. The predicted molar refractivity (Wildman–Crippen MR) is 68.4 cm³/mol. The van der Waals surface area contributed by atoms with Gasteiger partial charge in [0.1, 0.15) is 5.82 Å². The molecule has 1 aromatic heterocycles. The second kappa shape index (κ2) is 5.02. The lowest BCUT2D eigenvalue weighted by Crippen LogP contribution is -2.41. The molecule has 1 fully saturated rings. The molecule has 4 heteroatoms. The van der Waals surface area contributed by atoms with Crippen LogP contribution < -0.4 is 11.5 Å². The maximum absolute atomic E-state index is 6.38. The number of nitrogens with zero attached hydrogens (tertiary/aromatic N) is 1. The minimum absolute atomic E-state index is 0.182. The molecule has 17 heavy (non-hydrogen) atoms. The van der Waals surface area contributed by atoms with Crippen molar-refractivity contribution in [2.75, 3.05) is 12.3 Å². The Morgan fingerprint density at radius 3 is 2.76 bits per heavy atom. The number of hydrogen-bond acceptors (Lipinski definition) is 4. The van der Waals surface area contributed by atoms with Gasteiger partial charge in [-0.25, -0.2) is 4.98 Å². The molecule has 1 atom stereocenters. The summed E-state index contributed by atoms with van der Waals surface area (Å²) in [5, 5.41) is 0. The topological polar surface area (TPSA) is 74.2 Å². The van der Waals surface area contributed by atoms with E-state index >= 15 is 0 Å². The van der Waals surface area contributed by atoms with Crippen molar-refractivity contribution in [1.29, 1.82) is 0 Å². The first-order chi connectivity index (χ1) is 8.19. The first-order valence-electron chi connectivity index (χ1n) is 6.29. The third-order valence-corrected chi connectivity index (χ3v) is 3.65.